The summed E-state index contributed by atoms with van der Waals surface area (Å²) in [5.41, 5.74) is 1.60. The molecular weight excluding hydrogens is 446 g/mol. The highest BCUT2D eigenvalue weighted by Crippen LogP contribution is 2.43. The van der Waals surface area contributed by atoms with Crippen molar-refractivity contribution in [3.63, 3.8) is 0 Å². The van der Waals surface area contributed by atoms with Gasteiger partial charge in [-0.15, -0.1) is 0 Å². The number of hydrogen-bond donors (Lipinski definition) is 1. The van der Waals surface area contributed by atoms with Crippen LogP contribution in [0.1, 0.15) is 56.2 Å². The minimum absolute atomic E-state index is 0.233. The molecule has 1 heterocycles. The van der Waals surface area contributed by atoms with Gasteiger partial charge in [0.2, 0.25) is 0 Å². The molecule has 3 rings (SSSR count). The summed E-state index contributed by atoms with van der Waals surface area (Å²) in [6.07, 6.45) is 0.367. The number of aryl methyl sites for hydroxylation is 1. The molecule has 1 N–H and O–H groups in total. The lowest BCUT2D eigenvalue weighted by molar-refractivity contribution is -0.141. The molecule has 0 aromatic heterocycles. The van der Waals surface area contributed by atoms with Crippen molar-refractivity contribution in [2.24, 2.45) is 0 Å². The van der Waals surface area contributed by atoms with Gasteiger partial charge in [-0.2, -0.15) is 0 Å². The lowest BCUT2D eigenvalue weighted by Gasteiger charge is -2.22. The van der Waals surface area contributed by atoms with E-state index in [0.717, 1.165) is 21.3 Å². The van der Waals surface area contributed by atoms with Crippen LogP contribution in [0.25, 0.3) is 0 Å². The van der Waals surface area contributed by atoms with Crippen LogP contribution in [0.5, 0.6) is 5.75 Å². The van der Waals surface area contributed by atoms with E-state index in [-0.39, 0.29) is 12.2 Å². The summed E-state index contributed by atoms with van der Waals surface area (Å²) in [6.45, 7) is 8.52. The number of ether oxygens (including phenoxy) is 1. The standard InChI is InChI=1S/C24H28BrNO4/c1-15(2)19-8-6-16(3)12-22(19)30-11-5-10-26-21-9-7-18(25)13-20(21)24(29,23(26)28)14-17(4)27/h6-9,12-13,15,29H,5,10-11,14H2,1-4H3. The van der Waals surface area contributed by atoms with E-state index in [9.17, 15) is 14.7 Å². The molecule has 1 aliphatic rings. The summed E-state index contributed by atoms with van der Waals surface area (Å²) in [4.78, 5) is 26.3. The zero-order valence-electron chi connectivity index (χ0n) is 17.9. The Kier molecular flexibility index (Phi) is 6.68. The second-order valence-electron chi connectivity index (χ2n) is 8.26. The Hall–Kier alpha value is -2.18. The third kappa shape index (κ3) is 4.44. The number of fused-ring (bicyclic) bond motifs is 1. The van der Waals surface area contributed by atoms with E-state index in [1.54, 1.807) is 17.0 Å². The van der Waals surface area contributed by atoms with E-state index in [4.69, 9.17) is 4.74 Å². The number of ketones is 1. The maximum atomic E-state index is 13.1. The molecule has 0 saturated carbocycles. The first-order valence-corrected chi connectivity index (χ1v) is 11.0. The number of benzene rings is 2. The molecule has 1 unspecified atom stereocenters. The Bertz CT molecular complexity index is 972. The molecule has 30 heavy (non-hydrogen) atoms. The number of Topliss-reactive ketones (excluding diaryl/α,β-unsaturated/α-hetero) is 1. The van der Waals surface area contributed by atoms with Gasteiger partial charge in [-0.25, -0.2) is 0 Å². The van der Waals surface area contributed by atoms with Crippen LogP contribution < -0.4 is 9.64 Å². The number of nitrogens with zero attached hydrogens (tertiary/aromatic N) is 1. The van der Waals surface area contributed by atoms with Gasteiger partial charge in [0.05, 0.1) is 12.3 Å². The van der Waals surface area contributed by atoms with Gasteiger partial charge in [0.25, 0.3) is 5.91 Å². The molecule has 6 heteroatoms. The maximum absolute atomic E-state index is 13.1. The van der Waals surface area contributed by atoms with Crippen LogP contribution in [0.15, 0.2) is 40.9 Å². The van der Waals surface area contributed by atoms with Gasteiger partial charge in [-0.3, -0.25) is 9.59 Å². The van der Waals surface area contributed by atoms with Crippen molar-refractivity contribution in [2.75, 3.05) is 18.1 Å². The van der Waals surface area contributed by atoms with Crippen LogP contribution in [0.2, 0.25) is 0 Å². The lowest BCUT2D eigenvalue weighted by atomic mass is 9.90. The van der Waals surface area contributed by atoms with Crippen LogP contribution in [0, 0.1) is 6.92 Å². The summed E-state index contributed by atoms with van der Waals surface area (Å²) >= 11 is 3.39. The van der Waals surface area contributed by atoms with Gasteiger partial charge in [0, 0.05) is 23.0 Å². The van der Waals surface area contributed by atoms with Crippen LogP contribution >= 0.6 is 15.9 Å². The molecule has 0 radical (unpaired) electrons. The largest absolute Gasteiger partial charge is 0.493 e. The molecule has 1 amide bonds. The lowest BCUT2D eigenvalue weighted by Crippen LogP contribution is -2.42. The first-order chi connectivity index (χ1) is 14.1. The Balaban J connectivity index is 1.73. The fourth-order valence-electron chi connectivity index (χ4n) is 3.92. The topological polar surface area (TPSA) is 66.8 Å². The van der Waals surface area contributed by atoms with Crippen molar-refractivity contribution < 1.29 is 19.4 Å². The van der Waals surface area contributed by atoms with E-state index in [1.807, 2.05) is 19.1 Å². The molecule has 0 saturated heterocycles. The van der Waals surface area contributed by atoms with Crippen molar-refractivity contribution >= 4 is 33.3 Å². The third-order valence-corrected chi connectivity index (χ3v) is 5.87. The van der Waals surface area contributed by atoms with Crippen molar-refractivity contribution in [2.45, 2.75) is 52.1 Å². The molecule has 160 valence electrons. The first-order valence-electron chi connectivity index (χ1n) is 10.2. The predicted octanol–water partition coefficient (Wildman–Crippen LogP) is 4.86. The zero-order chi connectivity index (χ0) is 22.1. The summed E-state index contributed by atoms with van der Waals surface area (Å²) in [7, 11) is 0. The number of hydrogen-bond acceptors (Lipinski definition) is 4. The number of halogens is 1. The SMILES string of the molecule is CC(=O)CC1(O)C(=O)N(CCCOc2cc(C)ccc2C(C)C)c2ccc(Br)cc21. The average Bonchev–Trinajstić information content (AvgIpc) is 2.85. The van der Waals surface area contributed by atoms with E-state index in [1.165, 1.54) is 6.92 Å². The minimum atomic E-state index is -1.81. The van der Waals surface area contributed by atoms with Gasteiger partial charge in [0.15, 0.2) is 5.60 Å². The van der Waals surface area contributed by atoms with Crippen molar-refractivity contribution in [3.05, 3.63) is 57.6 Å². The molecule has 0 fully saturated rings. The molecule has 1 atom stereocenters. The van der Waals surface area contributed by atoms with Crippen LogP contribution in [0.4, 0.5) is 5.69 Å². The Morgan fingerprint density at radius 2 is 1.97 bits per heavy atom. The summed E-state index contributed by atoms with van der Waals surface area (Å²) in [5, 5.41) is 11.1. The van der Waals surface area contributed by atoms with Crippen molar-refractivity contribution in [1.82, 2.24) is 0 Å². The summed E-state index contributed by atoms with van der Waals surface area (Å²) < 4.78 is 6.79. The van der Waals surface area contributed by atoms with Crippen molar-refractivity contribution in [3.8, 4) is 5.75 Å². The zero-order valence-corrected chi connectivity index (χ0v) is 19.5. The second kappa shape index (κ2) is 8.90. The highest BCUT2D eigenvalue weighted by atomic mass is 79.9. The molecule has 0 bridgehead atoms. The molecule has 2 aromatic rings. The second-order valence-corrected chi connectivity index (χ2v) is 9.17. The van der Waals surface area contributed by atoms with Gasteiger partial charge < -0.3 is 14.7 Å². The van der Waals surface area contributed by atoms with Crippen molar-refractivity contribution in [1.29, 1.82) is 0 Å². The number of anilines is 1. The van der Waals surface area contributed by atoms with E-state index in [0.29, 0.717) is 36.7 Å². The Labute approximate surface area is 186 Å². The number of carbonyl (C=O) groups excluding carboxylic acids is 2. The molecule has 0 aliphatic carbocycles. The highest BCUT2D eigenvalue weighted by Gasteiger charge is 2.50. The normalized spacial score (nSPS) is 18.1. The van der Waals surface area contributed by atoms with Gasteiger partial charge >= 0.3 is 0 Å². The molecule has 2 aromatic carbocycles. The van der Waals surface area contributed by atoms with Crippen LogP contribution in [0.3, 0.4) is 0 Å². The van der Waals surface area contributed by atoms with Crippen LogP contribution in [-0.2, 0) is 15.2 Å². The van der Waals surface area contributed by atoms with Gasteiger partial charge in [-0.1, -0.05) is 41.9 Å². The van der Waals surface area contributed by atoms with Crippen LogP contribution in [-0.4, -0.2) is 29.9 Å². The van der Waals surface area contributed by atoms with E-state index < -0.39 is 11.5 Å². The van der Waals surface area contributed by atoms with E-state index >= 15 is 0 Å². The minimum Gasteiger partial charge on any atom is -0.493 e. The van der Waals surface area contributed by atoms with E-state index in [2.05, 4.69) is 41.9 Å². The molecule has 5 nitrogen and oxygen atoms in total. The van der Waals surface area contributed by atoms with Gasteiger partial charge in [-0.05, 0) is 61.6 Å². The predicted molar refractivity (Wildman–Crippen MR) is 121 cm³/mol. The molecule has 1 aliphatic heterocycles. The average molecular weight is 474 g/mol. The highest BCUT2D eigenvalue weighted by molar-refractivity contribution is 9.10. The summed E-state index contributed by atoms with van der Waals surface area (Å²) in [5.74, 6) is 0.537. The fourth-order valence-corrected chi connectivity index (χ4v) is 4.29. The quantitative estimate of drug-likeness (QED) is 0.555. The fraction of sp³-hybridized carbons (Fsp3) is 0.417. The molecule has 0 spiro atoms. The Morgan fingerprint density at radius 1 is 1.23 bits per heavy atom. The number of amides is 1. The Morgan fingerprint density at radius 3 is 2.63 bits per heavy atom. The third-order valence-electron chi connectivity index (χ3n) is 5.37. The number of rotatable bonds is 8. The number of carbonyl (C=O) groups is 2. The number of aliphatic hydroxyl groups is 1. The maximum Gasteiger partial charge on any atom is 0.264 e. The summed E-state index contributed by atoms with van der Waals surface area (Å²) in [6, 6.07) is 11.6. The monoisotopic (exact) mass is 473 g/mol. The molecular formula is C24H28BrNO4. The smallest absolute Gasteiger partial charge is 0.264 e. The first kappa shape index (κ1) is 22.5. The van der Waals surface area contributed by atoms with Gasteiger partial charge in [0.1, 0.15) is 11.5 Å².